The van der Waals surface area contributed by atoms with Gasteiger partial charge in [-0.3, -0.25) is 0 Å². The van der Waals surface area contributed by atoms with E-state index in [2.05, 4.69) is 0 Å². The Balaban J connectivity index is 1.29. The smallest absolute Gasteiger partial charge is 0.161 e. The highest BCUT2D eigenvalue weighted by Gasteiger charge is 2.26. The summed E-state index contributed by atoms with van der Waals surface area (Å²) in [6, 6.07) is 20.8. The van der Waals surface area contributed by atoms with Gasteiger partial charge in [-0.05, 0) is 178 Å². The van der Waals surface area contributed by atoms with Gasteiger partial charge in [0.25, 0.3) is 0 Å². The first-order valence-corrected chi connectivity index (χ1v) is 21.5. The van der Waals surface area contributed by atoms with Crippen LogP contribution in [0.25, 0.3) is 0 Å². The Morgan fingerprint density at radius 2 is 0.439 bits per heavy atom. The number of methoxy groups -OCH3 is 6. The molecule has 66 heavy (non-hydrogen) atoms. The topological polar surface area (TPSA) is 111 Å². The molecule has 12 aliphatic heterocycles. The third-order valence-corrected chi connectivity index (χ3v) is 12.5. The second-order valence-electron chi connectivity index (χ2n) is 16.2. The van der Waals surface area contributed by atoms with Crippen LogP contribution < -0.4 is 56.8 Å². The first kappa shape index (κ1) is 34.3. The normalized spacial score (nSPS) is 19.7. The zero-order valence-corrected chi connectivity index (χ0v) is 37.5. The van der Waals surface area contributed by atoms with Gasteiger partial charge in [-0.15, -0.1) is 0 Å². The molecule has 0 aromatic heterocycles. The molecule has 6 aromatic rings. The minimum Gasteiger partial charge on any atom is -0.493 e. The Hall–Kier alpha value is -7.08. The number of rotatable bonds is 6. The quantitative estimate of drug-likeness (QED) is 0.159. The lowest BCUT2D eigenvalue weighted by Crippen LogP contribution is -2.12. The Kier molecular flexibility index (Phi) is 9.57. The summed E-state index contributed by atoms with van der Waals surface area (Å²) < 4.78 is 146. The molecule has 0 N–H and O–H groups in total. The summed E-state index contributed by atoms with van der Waals surface area (Å²) in [4.78, 5) is 0. The molecule has 342 valence electrons. The average Bonchev–Trinajstić information content (AvgIpc) is 3.45. The van der Waals surface area contributed by atoms with Gasteiger partial charge in [0, 0.05) is 0 Å². The first-order chi connectivity index (χ1) is 35.3. The Morgan fingerprint density at radius 1 is 0.273 bits per heavy atom. The van der Waals surface area contributed by atoms with Crippen LogP contribution in [0.15, 0.2) is 72.8 Å². The average molecular weight is 903 g/mol. The zero-order chi connectivity index (χ0) is 52.5. The first-order valence-electron chi connectivity index (χ1n) is 25.5. The van der Waals surface area contributed by atoms with E-state index in [1.807, 2.05) is 24.3 Å². The van der Waals surface area contributed by atoms with E-state index < -0.39 is 26.2 Å². The second-order valence-corrected chi connectivity index (χ2v) is 16.2. The summed E-state index contributed by atoms with van der Waals surface area (Å²) in [5.74, 6) is 1.67. The lowest BCUT2D eigenvalue weighted by atomic mass is 9.94. The largest absolute Gasteiger partial charge is 0.493 e. The molecule has 20 rings (SSSR count). The van der Waals surface area contributed by atoms with Gasteiger partial charge in [0.05, 0.1) is 53.6 Å². The molecule has 14 aliphatic rings. The van der Waals surface area contributed by atoms with E-state index in [1.54, 1.807) is 62.8 Å². The fraction of sp³-hybridized carbons (Fsp3) is 0.333. The number of ether oxygens (including phenoxy) is 12. The lowest BCUT2D eigenvalue weighted by molar-refractivity contribution is 0.205. The summed E-state index contributed by atoms with van der Waals surface area (Å²) in [5.41, 5.74) is 8.57. The Labute approximate surface area is 396 Å². The molecule has 0 radical (unpaired) electrons. The van der Waals surface area contributed by atoms with Crippen molar-refractivity contribution >= 4 is 0 Å². The summed E-state index contributed by atoms with van der Waals surface area (Å²) in [6.45, 7) is -12.5. The molecule has 6 aromatic carbocycles. The number of hydrogen-bond donors (Lipinski definition) is 0. The van der Waals surface area contributed by atoms with Crippen molar-refractivity contribution in [3.05, 3.63) is 140 Å². The molecular formula is C54H54O12. The van der Waals surface area contributed by atoms with Crippen molar-refractivity contribution in [1.82, 2.24) is 0 Å². The molecule has 0 atom stereocenters. The molecule has 0 spiro atoms. The molecule has 2 aliphatic carbocycles. The van der Waals surface area contributed by atoms with Gasteiger partial charge < -0.3 is 56.8 Å². The minimum atomic E-state index is -3.17. The SMILES string of the molecule is [2H]C1([2H])Oc2cc3c(cc2OC)Cc2cc4c(OC)cc2Cc2cc(c(OC)cc2C3)OCCOc2cc3c(cc2OC)Cc2cc(c(OC)cc2Cc2cc(c(OC)cc2C3)OC1([2H])[2H])OC([2H])([2H])C([2H])([2H])O4. The molecule has 12 heteroatoms. The van der Waals surface area contributed by atoms with E-state index in [0.717, 1.165) is 33.4 Å². The predicted molar refractivity (Wildman–Crippen MR) is 248 cm³/mol. The molecule has 0 unspecified atom stereocenters. The van der Waals surface area contributed by atoms with Gasteiger partial charge in [0.15, 0.2) is 69.0 Å². The molecule has 18 bridgehead atoms. The van der Waals surface area contributed by atoms with Crippen molar-refractivity contribution in [3.8, 4) is 69.0 Å². The van der Waals surface area contributed by atoms with Crippen LogP contribution in [-0.2, 0) is 38.5 Å². The maximum atomic E-state index is 9.23. The minimum absolute atomic E-state index is 0.0864. The summed E-state index contributed by atoms with van der Waals surface area (Å²) in [5, 5.41) is 0. The van der Waals surface area contributed by atoms with Crippen LogP contribution in [0.1, 0.15) is 77.7 Å². The predicted octanol–water partition coefficient (Wildman–Crippen LogP) is 8.91. The monoisotopic (exact) mass is 902 g/mol. The van der Waals surface area contributed by atoms with Crippen LogP contribution in [0.4, 0.5) is 0 Å². The fourth-order valence-corrected chi connectivity index (χ4v) is 9.18. The lowest BCUT2D eigenvalue weighted by Gasteiger charge is -2.20. The van der Waals surface area contributed by atoms with Crippen molar-refractivity contribution in [2.24, 2.45) is 0 Å². The van der Waals surface area contributed by atoms with Gasteiger partial charge in [-0.2, -0.15) is 0 Å². The summed E-state index contributed by atoms with van der Waals surface area (Å²) in [7, 11) is 8.69. The van der Waals surface area contributed by atoms with E-state index in [9.17, 15) is 11.0 Å². The Bertz CT molecular complexity index is 2940. The second kappa shape index (κ2) is 18.4. The molecule has 0 saturated carbocycles. The molecule has 0 saturated heterocycles. The molecule has 0 fully saturated rings. The molecular weight excluding hydrogens is 841 g/mol. The van der Waals surface area contributed by atoms with E-state index in [4.69, 9.17) is 56.8 Å². The van der Waals surface area contributed by atoms with Crippen LogP contribution in [0.3, 0.4) is 0 Å². The molecule has 12 nitrogen and oxygen atoms in total. The van der Waals surface area contributed by atoms with Crippen molar-refractivity contribution < 1.29 is 67.8 Å². The third kappa shape index (κ3) is 8.36. The number of hydrogen-bond acceptors (Lipinski definition) is 12. The van der Waals surface area contributed by atoms with Gasteiger partial charge in [0.2, 0.25) is 0 Å². The Morgan fingerprint density at radius 3 is 0.621 bits per heavy atom. The van der Waals surface area contributed by atoms with Crippen molar-refractivity contribution in [2.75, 3.05) is 82.1 Å². The summed E-state index contributed by atoms with van der Waals surface area (Å²) in [6.07, 6.45) is 1.41. The number of benzene rings is 6. The van der Waals surface area contributed by atoms with E-state index >= 15 is 0 Å². The van der Waals surface area contributed by atoms with Gasteiger partial charge in [0.1, 0.15) is 39.4 Å². The highest BCUT2D eigenvalue weighted by Crippen LogP contribution is 2.44. The maximum Gasteiger partial charge on any atom is 0.161 e. The van der Waals surface area contributed by atoms with Crippen LogP contribution in [-0.4, -0.2) is 82.1 Å². The van der Waals surface area contributed by atoms with E-state index in [1.165, 1.54) is 28.4 Å². The van der Waals surface area contributed by atoms with Crippen LogP contribution >= 0.6 is 0 Å². The highest BCUT2D eigenvalue weighted by molar-refractivity contribution is 5.60. The zero-order valence-electron chi connectivity index (χ0n) is 45.5. The highest BCUT2D eigenvalue weighted by atomic mass is 16.6. The van der Waals surface area contributed by atoms with Crippen LogP contribution in [0, 0.1) is 0 Å². The molecule has 0 amide bonds. The van der Waals surface area contributed by atoms with E-state index in [-0.39, 0.29) is 84.9 Å². The van der Waals surface area contributed by atoms with Crippen LogP contribution in [0.2, 0.25) is 0 Å². The van der Waals surface area contributed by atoms with Gasteiger partial charge in [-0.25, -0.2) is 0 Å². The maximum absolute atomic E-state index is 9.23. The molecule has 12 heterocycles. The van der Waals surface area contributed by atoms with Gasteiger partial charge >= 0.3 is 0 Å². The van der Waals surface area contributed by atoms with Crippen molar-refractivity contribution in [2.45, 2.75) is 38.5 Å². The standard InChI is InChI=1S/C54H54O12/c1-55-43-19-31-13-38-26-50-45(57-3)21-33(38)15-39-27-52-44(56-2)20-32(39)14-37(31)25-49(43)61-7-8-62-51-28-40-16-35-23-47(59-5)53(65-10-9-63-50)30-42(35)18-36-24-48(60-6)54(66-12-11-64-52)29-41(36)17-34(40)22-46(51)58-4/h19-30H,7-18H2,1-6H3/i7D2,8D2,9D2,10D2. The van der Waals surface area contributed by atoms with E-state index in [0.29, 0.717) is 69.2 Å². The third-order valence-electron chi connectivity index (χ3n) is 12.5. The van der Waals surface area contributed by atoms with Crippen molar-refractivity contribution in [3.63, 3.8) is 0 Å². The van der Waals surface area contributed by atoms with Crippen molar-refractivity contribution in [1.29, 1.82) is 0 Å². The fourth-order valence-electron chi connectivity index (χ4n) is 9.18. The summed E-state index contributed by atoms with van der Waals surface area (Å²) >= 11 is 0. The van der Waals surface area contributed by atoms with Gasteiger partial charge in [-0.1, -0.05) is 0 Å². The van der Waals surface area contributed by atoms with Crippen LogP contribution in [0.5, 0.6) is 69.0 Å².